The summed E-state index contributed by atoms with van der Waals surface area (Å²) in [5, 5.41) is 20.1. The second-order valence-corrected chi connectivity index (χ2v) is 8.73. The summed E-state index contributed by atoms with van der Waals surface area (Å²) < 4.78 is 0. The number of carbonyl (C=O) groups excluding carboxylic acids is 1. The molecule has 3 unspecified atom stereocenters. The van der Waals surface area contributed by atoms with Crippen LogP contribution < -0.4 is 0 Å². The van der Waals surface area contributed by atoms with Crippen LogP contribution in [0.25, 0.3) is 0 Å². The third kappa shape index (κ3) is 1.78. The SMILES string of the molecule is C[C@]12CC[C@H](O)CC1=CCC1C2CC[C@]2(C)C(=O)[C@H](O)CC12. The van der Waals surface area contributed by atoms with Gasteiger partial charge in [-0.3, -0.25) is 4.79 Å². The van der Waals surface area contributed by atoms with Crippen LogP contribution in [0, 0.1) is 28.6 Å². The van der Waals surface area contributed by atoms with Crippen molar-refractivity contribution in [2.45, 2.75) is 71.0 Å². The third-order valence-corrected chi connectivity index (χ3v) is 7.81. The van der Waals surface area contributed by atoms with Crippen molar-refractivity contribution in [2.75, 3.05) is 0 Å². The molecule has 0 amide bonds. The molecule has 0 spiro atoms. The summed E-state index contributed by atoms with van der Waals surface area (Å²) in [4.78, 5) is 12.4. The Morgan fingerprint density at radius 3 is 2.59 bits per heavy atom. The second-order valence-electron chi connectivity index (χ2n) is 8.73. The average Bonchev–Trinajstić information content (AvgIpc) is 2.72. The van der Waals surface area contributed by atoms with Gasteiger partial charge >= 0.3 is 0 Å². The maximum absolute atomic E-state index is 12.4. The van der Waals surface area contributed by atoms with Crippen molar-refractivity contribution in [1.29, 1.82) is 0 Å². The van der Waals surface area contributed by atoms with Crippen LogP contribution in [0.2, 0.25) is 0 Å². The first kappa shape index (κ1) is 14.9. The Labute approximate surface area is 132 Å². The van der Waals surface area contributed by atoms with Gasteiger partial charge < -0.3 is 10.2 Å². The summed E-state index contributed by atoms with van der Waals surface area (Å²) in [6.45, 7) is 4.48. The van der Waals surface area contributed by atoms with E-state index in [1.165, 1.54) is 5.57 Å². The predicted molar refractivity (Wildman–Crippen MR) is 84.1 cm³/mol. The molecular weight excluding hydrogens is 276 g/mol. The minimum absolute atomic E-state index is 0.0925. The van der Waals surface area contributed by atoms with E-state index in [0.717, 1.165) is 38.5 Å². The molecule has 3 fully saturated rings. The van der Waals surface area contributed by atoms with E-state index in [9.17, 15) is 15.0 Å². The summed E-state index contributed by atoms with van der Waals surface area (Å²) in [5.41, 5.74) is 1.37. The second kappa shape index (κ2) is 4.67. The summed E-state index contributed by atoms with van der Waals surface area (Å²) >= 11 is 0. The molecule has 0 heterocycles. The number of aliphatic hydroxyl groups is 2. The van der Waals surface area contributed by atoms with Crippen molar-refractivity contribution in [3.05, 3.63) is 11.6 Å². The summed E-state index contributed by atoms with van der Waals surface area (Å²) in [6, 6.07) is 0. The third-order valence-electron chi connectivity index (χ3n) is 7.81. The normalized spacial score (nSPS) is 54.3. The molecule has 4 rings (SSSR count). The monoisotopic (exact) mass is 304 g/mol. The van der Waals surface area contributed by atoms with Crippen molar-refractivity contribution in [2.24, 2.45) is 28.6 Å². The van der Waals surface area contributed by atoms with Crippen molar-refractivity contribution < 1.29 is 15.0 Å². The van der Waals surface area contributed by atoms with Crippen LogP contribution in [0.15, 0.2) is 11.6 Å². The molecule has 4 aliphatic rings. The lowest BCUT2D eigenvalue weighted by atomic mass is 9.48. The smallest absolute Gasteiger partial charge is 0.167 e. The molecule has 7 atom stereocenters. The van der Waals surface area contributed by atoms with E-state index in [0.29, 0.717) is 24.2 Å². The molecule has 0 radical (unpaired) electrons. The Morgan fingerprint density at radius 1 is 1.09 bits per heavy atom. The summed E-state index contributed by atoms with van der Waals surface area (Å²) in [7, 11) is 0. The van der Waals surface area contributed by atoms with Crippen LogP contribution >= 0.6 is 0 Å². The zero-order valence-corrected chi connectivity index (χ0v) is 13.7. The molecule has 0 aromatic heterocycles. The quantitative estimate of drug-likeness (QED) is 0.677. The van der Waals surface area contributed by atoms with Gasteiger partial charge in [-0.1, -0.05) is 25.5 Å². The standard InChI is InChI=1S/C19H28O3/c1-18-7-5-12(20)9-11(18)3-4-13-14(18)6-8-19(2)15(13)10-16(21)17(19)22/h3,12-16,20-21H,4-10H2,1-2H3/t12-,13?,14?,15?,16+,18-,19-/m0/s1. The fourth-order valence-corrected chi connectivity index (χ4v) is 6.43. The average molecular weight is 304 g/mol. The zero-order valence-electron chi connectivity index (χ0n) is 13.7. The van der Waals surface area contributed by atoms with E-state index in [4.69, 9.17) is 0 Å². The highest BCUT2D eigenvalue weighted by Crippen LogP contribution is 2.63. The fourth-order valence-electron chi connectivity index (χ4n) is 6.43. The predicted octanol–water partition coefficient (Wildman–Crippen LogP) is 2.85. The van der Waals surface area contributed by atoms with Crippen LogP contribution in [0.1, 0.15) is 58.8 Å². The highest BCUT2D eigenvalue weighted by molar-refractivity contribution is 5.91. The van der Waals surface area contributed by atoms with Crippen LogP contribution in [-0.4, -0.2) is 28.2 Å². The molecule has 0 aliphatic heterocycles. The first-order valence-electron chi connectivity index (χ1n) is 8.96. The van der Waals surface area contributed by atoms with Crippen molar-refractivity contribution in [3.63, 3.8) is 0 Å². The molecule has 0 saturated heterocycles. The number of aliphatic hydroxyl groups excluding tert-OH is 2. The van der Waals surface area contributed by atoms with Gasteiger partial charge in [0.15, 0.2) is 5.78 Å². The van der Waals surface area contributed by atoms with Gasteiger partial charge in [-0.25, -0.2) is 0 Å². The number of ketones is 1. The van der Waals surface area contributed by atoms with E-state index in [-0.39, 0.29) is 22.7 Å². The number of hydrogen-bond donors (Lipinski definition) is 2. The van der Waals surface area contributed by atoms with Gasteiger partial charge in [0, 0.05) is 5.41 Å². The lowest BCUT2D eigenvalue weighted by molar-refractivity contribution is -0.136. The molecule has 122 valence electrons. The molecule has 3 heteroatoms. The van der Waals surface area contributed by atoms with Crippen LogP contribution in [-0.2, 0) is 4.79 Å². The molecule has 4 aliphatic carbocycles. The maximum atomic E-state index is 12.4. The Kier molecular flexibility index (Phi) is 3.16. The Hall–Kier alpha value is -0.670. The molecule has 0 bridgehead atoms. The molecule has 3 nitrogen and oxygen atoms in total. The van der Waals surface area contributed by atoms with Gasteiger partial charge in [0.2, 0.25) is 0 Å². The van der Waals surface area contributed by atoms with Gasteiger partial charge in [-0.15, -0.1) is 0 Å². The van der Waals surface area contributed by atoms with Crippen molar-refractivity contribution in [3.8, 4) is 0 Å². The van der Waals surface area contributed by atoms with Gasteiger partial charge in [-0.2, -0.15) is 0 Å². The van der Waals surface area contributed by atoms with Gasteiger partial charge in [-0.05, 0) is 68.1 Å². The largest absolute Gasteiger partial charge is 0.393 e. The van der Waals surface area contributed by atoms with Crippen molar-refractivity contribution in [1.82, 2.24) is 0 Å². The van der Waals surface area contributed by atoms with Gasteiger partial charge in [0.1, 0.15) is 6.10 Å². The highest BCUT2D eigenvalue weighted by atomic mass is 16.3. The van der Waals surface area contributed by atoms with Gasteiger partial charge in [0.05, 0.1) is 6.10 Å². The lowest BCUT2D eigenvalue weighted by Gasteiger charge is -2.56. The number of fused-ring (bicyclic) bond motifs is 5. The van der Waals surface area contributed by atoms with Crippen molar-refractivity contribution >= 4 is 5.78 Å². The molecular formula is C19H28O3. The summed E-state index contributed by atoms with van der Waals surface area (Å²) in [6.07, 6.45) is 8.00. The maximum Gasteiger partial charge on any atom is 0.167 e. The first-order chi connectivity index (χ1) is 10.4. The zero-order chi connectivity index (χ0) is 15.7. The number of Topliss-reactive ketones (excluding diaryl/α,β-unsaturated/α-hetero) is 1. The van der Waals surface area contributed by atoms with Gasteiger partial charge in [0.25, 0.3) is 0 Å². The number of hydrogen-bond acceptors (Lipinski definition) is 3. The van der Waals surface area contributed by atoms with E-state index < -0.39 is 6.10 Å². The molecule has 3 saturated carbocycles. The molecule has 0 aromatic carbocycles. The van der Waals surface area contributed by atoms with Crippen LogP contribution in [0.5, 0.6) is 0 Å². The number of allylic oxidation sites excluding steroid dienone is 1. The van der Waals surface area contributed by atoms with E-state index in [2.05, 4.69) is 19.9 Å². The van der Waals surface area contributed by atoms with Crippen LogP contribution in [0.4, 0.5) is 0 Å². The van der Waals surface area contributed by atoms with E-state index >= 15 is 0 Å². The number of rotatable bonds is 0. The van der Waals surface area contributed by atoms with E-state index in [1.54, 1.807) is 0 Å². The van der Waals surface area contributed by atoms with Crippen LogP contribution in [0.3, 0.4) is 0 Å². The minimum Gasteiger partial charge on any atom is -0.393 e. The highest BCUT2D eigenvalue weighted by Gasteiger charge is 2.60. The fraction of sp³-hybridized carbons (Fsp3) is 0.842. The molecule has 2 N–H and O–H groups in total. The Balaban J connectivity index is 1.70. The molecule has 22 heavy (non-hydrogen) atoms. The topological polar surface area (TPSA) is 57.5 Å². The Morgan fingerprint density at radius 2 is 1.82 bits per heavy atom. The Bertz CT molecular complexity index is 539. The van der Waals surface area contributed by atoms with E-state index in [1.807, 2.05) is 0 Å². The summed E-state index contributed by atoms with van der Waals surface area (Å²) in [5.74, 6) is 1.59. The lowest BCUT2D eigenvalue weighted by Crippen LogP contribution is -2.50. The molecule has 0 aromatic rings. The minimum atomic E-state index is -0.736. The number of carbonyl (C=O) groups is 1. The first-order valence-corrected chi connectivity index (χ1v) is 8.96.